The van der Waals surface area contributed by atoms with E-state index in [1.165, 1.54) is 33.1 Å². The molecule has 0 radical (unpaired) electrons. The number of benzene rings is 2. The molecule has 0 heterocycles. The van der Waals surface area contributed by atoms with Gasteiger partial charge in [-0.15, -0.1) is 0 Å². The molecule has 0 saturated carbocycles. The minimum atomic E-state index is -1.12. The van der Waals surface area contributed by atoms with Gasteiger partial charge in [0.05, 0.1) is 31.4 Å². The number of aromatic hydroxyl groups is 1. The minimum absolute atomic E-state index is 0.0895. The number of hydrogen-bond donors (Lipinski definition) is 6. The Morgan fingerprint density at radius 1 is 0.977 bits per heavy atom. The number of thioether (sulfide) groups is 1. The van der Waals surface area contributed by atoms with E-state index in [2.05, 4.69) is 21.3 Å². The highest BCUT2D eigenvalue weighted by Gasteiger charge is 2.33. The highest BCUT2D eigenvalue weighted by Crippen LogP contribution is 2.23. The van der Waals surface area contributed by atoms with Crippen molar-refractivity contribution in [2.75, 3.05) is 37.6 Å². The molecular formula is C30H42N6O7S. The molecule has 2 aromatic rings. The maximum Gasteiger partial charge on any atom is 0.256 e. The van der Waals surface area contributed by atoms with Crippen LogP contribution >= 0.6 is 11.8 Å². The first kappa shape index (κ1) is 36.1. The van der Waals surface area contributed by atoms with Crippen LogP contribution in [0.2, 0.25) is 0 Å². The fourth-order valence-corrected chi connectivity index (χ4v) is 4.60. The number of ether oxygens (including phenoxy) is 1. The number of nitrogens with one attached hydrogen (secondary N) is 4. The molecule has 0 aliphatic carbocycles. The van der Waals surface area contributed by atoms with Crippen LogP contribution in [0.25, 0.3) is 0 Å². The van der Waals surface area contributed by atoms with Gasteiger partial charge in [0.25, 0.3) is 11.8 Å². The van der Waals surface area contributed by atoms with E-state index in [1.54, 1.807) is 55.2 Å². The molecule has 44 heavy (non-hydrogen) atoms. The molecule has 2 rings (SSSR count). The van der Waals surface area contributed by atoms with Gasteiger partial charge in [-0.2, -0.15) is 11.8 Å². The highest BCUT2D eigenvalue weighted by molar-refractivity contribution is 7.98. The Bertz CT molecular complexity index is 1290. The topological polar surface area (TPSA) is 192 Å². The Morgan fingerprint density at radius 3 is 2.27 bits per heavy atom. The van der Waals surface area contributed by atoms with Gasteiger partial charge in [-0.05, 0) is 75.6 Å². The second kappa shape index (κ2) is 17.9. The Kier molecular flexibility index (Phi) is 14.6. The number of carbonyl (C=O) groups is 5. The molecule has 0 aliphatic rings. The number of methoxy groups -OCH3 is 1. The lowest BCUT2D eigenvalue weighted by Crippen LogP contribution is -2.56. The summed E-state index contributed by atoms with van der Waals surface area (Å²) in [6.07, 6.45) is 2.59. The number of nitrogens with zero attached hydrogens (tertiary/aromatic N) is 1. The molecule has 13 nitrogen and oxygen atoms in total. The molecule has 240 valence electrons. The molecule has 0 spiro atoms. The van der Waals surface area contributed by atoms with Crippen LogP contribution in [-0.2, 0) is 30.4 Å². The van der Waals surface area contributed by atoms with Crippen molar-refractivity contribution in [3.05, 3.63) is 54.1 Å². The summed E-state index contributed by atoms with van der Waals surface area (Å²) in [5, 5.41) is 19.8. The van der Waals surface area contributed by atoms with Gasteiger partial charge in [-0.3, -0.25) is 24.0 Å². The monoisotopic (exact) mass is 630 g/mol. The Hall–Kier alpha value is -4.14. The SMILES string of the molecule is CN[C@@H](CCSC)C(=O)N(C(=O)[C@H](C)NC(=O)CNC(=O)[C@@H](C)NC(=O)[C@@H](N)Cc1ccc(O)cc1)c1cccc(OC)c1. The Morgan fingerprint density at radius 2 is 1.66 bits per heavy atom. The molecule has 14 heteroatoms. The predicted octanol–water partition coefficient (Wildman–Crippen LogP) is 0.297. The van der Waals surface area contributed by atoms with E-state index in [1.807, 2.05) is 6.26 Å². The number of nitrogens with two attached hydrogens (primary N) is 1. The van der Waals surface area contributed by atoms with Gasteiger partial charge in [0.1, 0.15) is 23.6 Å². The number of rotatable bonds is 16. The van der Waals surface area contributed by atoms with Crippen molar-refractivity contribution < 1.29 is 33.8 Å². The minimum Gasteiger partial charge on any atom is -0.508 e. The molecule has 0 aliphatic heterocycles. The zero-order chi connectivity index (χ0) is 32.8. The van der Waals surface area contributed by atoms with Gasteiger partial charge in [-0.1, -0.05) is 18.2 Å². The number of carbonyl (C=O) groups excluding carboxylic acids is 5. The maximum absolute atomic E-state index is 13.6. The molecular weight excluding hydrogens is 588 g/mol. The van der Waals surface area contributed by atoms with Crippen molar-refractivity contribution in [3.8, 4) is 11.5 Å². The van der Waals surface area contributed by atoms with Crippen LogP contribution in [0.1, 0.15) is 25.8 Å². The lowest BCUT2D eigenvalue weighted by molar-refractivity contribution is -0.132. The van der Waals surface area contributed by atoms with Gasteiger partial charge in [0.2, 0.25) is 17.7 Å². The van der Waals surface area contributed by atoms with E-state index in [-0.39, 0.29) is 17.9 Å². The average molecular weight is 631 g/mol. The average Bonchev–Trinajstić information content (AvgIpc) is 3.01. The van der Waals surface area contributed by atoms with Crippen molar-refractivity contribution >= 4 is 47.0 Å². The van der Waals surface area contributed by atoms with E-state index in [0.29, 0.717) is 17.9 Å². The van der Waals surface area contributed by atoms with Gasteiger partial charge < -0.3 is 36.8 Å². The van der Waals surface area contributed by atoms with E-state index < -0.39 is 60.2 Å². The molecule has 2 aromatic carbocycles. The summed E-state index contributed by atoms with van der Waals surface area (Å²) in [6, 6.07) is 9.01. The third-order valence-electron chi connectivity index (χ3n) is 6.66. The van der Waals surface area contributed by atoms with Gasteiger partial charge in [0, 0.05) is 6.07 Å². The molecule has 0 bridgehead atoms. The van der Waals surface area contributed by atoms with Crippen LogP contribution in [0, 0.1) is 0 Å². The van der Waals surface area contributed by atoms with Crippen LogP contribution in [0.3, 0.4) is 0 Å². The molecule has 4 atom stereocenters. The first-order chi connectivity index (χ1) is 20.9. The lowest BCUT2D eigenvalue weighted by Gasteiger charge is -2.28. The molecule has 5 amide bonds. The molecule has 0 unspecified atom stereocenters. The van der Waals surface area contributed by atoms with Crippen molar-refractivity contribution in [1.82, 2.24) is 21.3 Å². The van der Waals surface area contributed by atoms with Crippen molar-refractivity contribution in [2.45, 2.75) is 50.9 Å². The zero-order valence-corrected chi connectivity index (χ0v) is 26.4. The van der Waals surface area contributed by atoms with Gasteiger partial charge in [0.15, 0.2) is 0 Å². The van der Waals surface area contributed by atoms with Crippen LogP contribution in [0.5, 0.6) is 11.5 Å². The first-order valence-corrected chi connectivity index (χ1v) is 15.4. The van der Waals surface area contributed by atoms with E-state index in [0.717, 1.165) is 10.5 Å². The van der Waals surface area contributed by atoms with Crippen molar-refractivity contribution in [2.24, 2.45) is 5.73 Å². The number of imide groups is 1. The third-order valence-corrected chi connectivity index (χ3v) is 7.31. The third kappa shape index (κ3) is 10.8. The number of anilines is 1. The standard InChI is InChI=1S/C30H42N6O7S/c1-18(35-28(40)24(31)15-20-9-11-22(37)12-10-20)27(39)33-17-26(38)34-19(2)29(41)36(21-7-6-8-23(16-21)43-4)30(42)25(32-3)13-14-44-5/h6-12,16,18-19,24-25,32,37H,13-15,17,31H2,1-5H3,(H,33,39)(H,34,38)(H,35,40)/t18-,19+,24+,25+/m1/s1. The van der Waals surface area contributed by atoms with Crippen LogP contribution in [-0.4, -0.2) is 91.5 Å². The summed E-state index contributed by atoms with van der Waals surface area (Å²) >= 11 is 1.57. The number of phenols is 1. The molecule has 0 fully saturated rings. The summed E-state index contributed by atoms with van der Waals surface area (Å²) in [7, 11) is 3.11. The number of hydrogen-bond acceptors (Lipinski definition) is 10. The maximum atomic E-state index is 13.6. The van der Waals surface area contributed by atoms with Gasteiger partial charge in [-0.25, -0.2) is 4.90 Å². The van der Waals surface area contributed by atoms with E-state index in [4.69, 9.17) is 10.5 Å². The van der Waals surface area contributed by atoms with Crippen molar-refractivity contribution in [3.63, 3.8) is 0 Å². The second-order valence-electron chi connectivity index (χ2n) is 10.1. The normalized spacial score (nSPS) is 13.5. The largest absolute Gasteiger partial charge is 0.508 e. The number of likely N-dealkylation sites (N-methyl/N-ethyl adjacent to an activating group) is 1. The first-order valence-electron chi connectivity index (χ1n) is 14.0. The second-order valence-corrected chi connectivity index (χ2v) is 11.0. The van der Waals surface area contributed by atoms with Crippen LogP contribution in [0.15, 0.2) is 48.5 Å². The predicted molar refractivity (Wildman–Crippen MR) is 169 cm³/mol. The van der Waals surface area contributed by atoms with E-state index >= 15 is 0 Å². The fraction of sp³-hybridized carbons (Fsp3) is 0.433. The molecule has 0 saturated heterocycles. The molecule has 0 aromatic heterocycles. The molecule has 7 N–H and O–H groups in total. The van der Waals surface area contributed by atoms with Crippen LogP contribution < -0.4 is 36.6 Å². The summed E-state index contributed by atoms with van der Waals surface area (Å²) in [5.41, 5.74) is 6.97. The number of amides is 5. The smallest absolute Gasteiger partial charge is 0.256 e. The summed E-state index contributed by atoms with van der Waals surface area (Å²) in [6.45, 7) is 2.41. The fourth-order valence-electron chi connectivity index (χ4n) is 4.13. The quantitative estimate of drug-likeness (QED) is 0.150. The number of phenolic OH excluding ortho intramolecular Hbond substituents is 1. The Labute approximate surface area is 261 Å². The lowest BCUT2D eigenvalue weighted by atomic mass is 10.1. The van der Waals surface area contributed by atoms with Gasteiger partial charge >= 0.3 is 0 Å². The zero-order valence-electron chi connectivity index (χ0n) is 25.6. The van der Waals surface area contributed by atoms with Crippen LogP contribution in [0.4, 0.5) is 5.69 Å². The highest BCUT2D eigenvalue weighted by atomic mass is 32.2. The summed E-state index contributed by atoms with van der Waals surface area (Å²) < 4.78 is 5.26. The van der Waals surface area contributed by atoms with Crippen molar-refractivity contribution in [1.29, 1.82) is 0 Å². The van der Waals surface area contributed by atoms with E-state index in [9.17, 15) is 29.1 Å². The summed E-state index contributed by atoms with van der Waals surface area (Å²) in [4.78, 5) is 65.8. The Balaban J connectivity index is 1.99. The summed E-state index contributed by atoms with van der Waals surface area (Å²) in [5.74, 6) is -1.81.